The Kier molecular flexibility index (Phi) is 7.41. The normalized spacial score (nSPS) is 11.6. The largest absolute Gasteiger partial charge is 0.493 e. The molecule has 144 valence electrons. The number of amides is 1. The average molecular weight is 369 g/mol. The smallest absolute Gasteiger partial charge is 0.223 e. The van der Waals surface area contributed by atoms with Gasteiger partial charge in [0, 0.05) is 11.6 Å². The fourth-order valence-electron chi connectivity index (χ4n) is 2.93. The van der Waals surface area contributed by atoms with Gasteiger partial charge in [0.25, 0.3) is 0 Å². The molecule has 0 aromatic heterocycles. The second-order valence-corrected chi connectivity index (χ2v) is 6.73. The number of methoxy groups -OCH3 is 1. The van der Waals surface area contributed by atoms with Crippen LogP contribution in [-0.4, -0.2) is 32.0 Å². The standard InChI is InChI=1S/C22H27NO4/c1-15-5-7-19(16(2)11-15)12-17(3)23-22(25)9-10-27-20-8-6-18(14-24)13-21(20)26-4/h5-8,11,13-14,17H,9-10,12H2,1-4H3,(H,23,25)/t17-/m1/s1. The van der Waals surface area contributed by atoms with Crippen LogP contribution in [0.1, 0.15) is 40.4 Å². The van der Waals surface area contributed by atoms with Crippen molar-refractivity contribution in [1.29, 1.82) is 0 Å². The van der Waals surface area contributed by atoms with E-state index in [1.54, 1.807) is 18.2 Å². The average Bonchev–Trinajstić information content (AvgIpc) is 2.64. The Morgan fingerprint density at radius 2 is 1.93 bits per heavy atom. The van der Waals surface area contributed by atoms with E-state index in [1.165, 1.54) is 23.8 Å². The molecule has 0 aliphatic carbocycles. The van der Waals surface area contributed by atoms with Gasteiger partial charge in [-0.15, -0.1) is 0 Å². The van der Waals surface area contributed by atoms with Crippen LogP contribution in [0, 0.1) is 13.8 Å². The zero-order chi connectivity index (χ0) is 19.8. The van der Waals surface area contributed by atoms with Crippen LogP contribution in [0.3, 0.4) is 0 Å². The SMILES string of the molecule is COc1cc(C=O)ccc1OCCC(=O)N[C@H](C)Cc1ccc(C)cc1C. The van der Waals surface area contributed by atoms with Crippen molar-refractivity contribution in [3.63, 3.8) is 0 Å². The van der Waals surface area contributed by atoms with Gasteiger partial charge in [0.1, 0.15) is 6.29 Å². The van der Waals surface area contributed by atoms with E-state index in [9.17, 15) is 9.59 Å². The fraction of sp³-hybridized carbons (Fsp3) is 0.364. The van der Waals surface area contributed by atoms with Crippen LogP contribution < -0.4 is 14.8 Å². The Bertz CT molecular complexity index is 801. The predicted molar refractivity (Wildman–Crippen MR) is 106 cm³/mol. The Labute approximate surface area is 160 Å². The summed E-state index contributed by atoms with van der Waals surface area (Å²) < 4.78 is 10.8. The van der Waals surface area contributed by atoms with Crippen molar-refractivity contribution in [3.05, 3.63) is 58.7 Å². The van der Waals surface area contributed by atoms with E-state index in [2.05, 4.69) is 37.4 Å². The van der Waals surface area contributed by atoms with E-state index in [-0.39, 0.29) is 25.0 Å². The third-order valence-electron chi connectivity index (χ3n) is 4.34. The third kappa shape index (κ3) is 6.13. The Morgan fingerprint density at radius 1 is 1.15 bits per heavy atom. The molecule has 0 aliphatic heterocycles. The summed E-state index contributed by atoms with van der Waals surface area (Å²) in [5.74, 6) is 0.929. The zero-order valence-electron chi connectivity index (χ0n) is 16.4. The van der Waals surface area contributed by atoms with E-state index in [0.29, 0.717) is 17.1 Å². The number of carbonyl (C=O) groups is 2. The lowest BCUT2D eigenvalue weighted by molar-refractivity contribution is -0.122. The number of aldehydes is 1. The van der Waals surface area contributed by atoms with Crippen LogP contribution in [0.4, 0.5) is 0 Å². The minimum absolute atomic E-state index is 0.0420. The maximum Gasteiger partial charge on any atom is 0.223 e. The zero-order valence-corrected chi connectivity index (χ0v) is 16.4. The monoisotopic (exact) mass is 369 g/mol. The number of rotatable bonds is 9. The Hall–Kier alpha value is -2.82. The molecule has 0 radical (unpaired) electrons. The molecule has 1 amide bonds. The molecule has 27 heavy (non-hydrogen) atoms. The van der Waals surface area contributed by atoms with Crippen LogP contribution in [0.2, 0.25) is 0 Å². The molecule has 1 atom stereocenters. The fourth-order valence-corrected chi connectivity index (χ4v) is 2.93. The highest BCUT2D eigenvalue weighted by Gasteiger charge is 2.11. The number of hydrogen-bond donors (Lipinski definition) is 1. The van der Waals surface area contributed by atoms with E-state index in [4.69, 9.17) is 9.47 Å². The summed E-state index contributed by atoms with van der Waals surface area (Å²) in [6, 6.07) is 11.3. The summed E-state index contributed by atoms with van der Waals surface area (Å²) in [5, 5.41) is 3.01. The first-order valence-electron chi connectivity index (χ1n) is 9.04. The molecule has 0 fully saturated rings. The summed E-state index contributed by atoms with van der Waals surface area (Å²) in [7, 11) is 1.51. The summed E-state index contributed by atoms with van der Waals surface area (Å²) in [5.41, 5.74) is 4.23. The molecule has 0 bridgehead atoms. The number of ether oxygens (including phenoxy) is 2. The molecule has 0 spiro atoms. The van der Waals surface area contributed by atoms with Gasteiger partial charge in [0.05, 0.1) is 20.1 Å². The van der Waals surface area contributed by atoms with E-state index in [1.807, 2.05) is 6.92 Å². The van der Waals surface area contributed by atoms with Crippen molar-refractivity contribution >= 4 is 12.2 Å². The number of aryl methyl sites for hydroxylation is 2. The maximum atomic E-state index is 12.2. The van der Waals surface area contributed by atoms with Crippen molar-refractivity contribution in [1.82, 2.24) is 5.32 Å². The molecule has 0 unspecified atom stereocenters. The first-order valence-corrected chi connectivity index (χ1v) is 9.04. The van der Waals surface area contributed by atoms with E-state index in [0.717, 1.165) is 12.7 Å². The van der Waals surface area contributed by atoms with Crippen LogP contribution in [0.25, 0.3) is 0 Å². The maximum absolute atomic E-state index is 12.2. The van der Waals surface area contributed by atoms with Crippen molar-refractivity contribution < 1.29 is 19.1 Å². The molecule has 0 saturated heterocycles. The van der Waals surface area contributed by atoms with Gasteiger partial charge in [-0.05, 0) is 56.5 Å². The molecule has 5 nitrogen and oxygen atoms in total. The molecule has 2 rings (SSSR count). The lowest BCUT2D eigenvalue weighted by Gasteiger charge is -2.16. The number of hydrogen-bond acceptors (Lipinski definition) is 4. The first-order chi connectivity index (χ1) is 12.9. The minimum atomic E-state index is -0.0595. The van der Waals surface area contributed by atoms with Gasteiger partial charge in [-0.3, -0.25) is 9.59 Å². The molecule has 1 N–H and O–H groups in total. The molecule has 5 heteroatoms. The summed E-state index contributed by atoms with van der Waals surface area (Å²) in [6.45, 7) is 6.40. The van der Waals surface area contributed by atoms with Gasteiger partial charge < -0.3 is 14.8 Å². The van der Waals surface area contributed by atoms with Crippen LogP contribution in [-0.2, 0) is 11.2 Å². The van der Waals surface area contributed by atoms with Gasteiger partial charge in [0.2, 0.25) is 5.91 Å². The molecule has 0 aliphatic rings. The number of benzene rings is 2. The Balaban J connectivity index is 1.81. The van der Waals surface area contributed by atoms with Gasteiger partial charge in [-0.2, -0.15) is 0 Å². The molecule has 0 heterocycles. The predicted octanol–water partition coefficient (Wildman–Crippen LogP) is 3.64. The second-order valence-electron chi connectivity index (χ2n) is 6.73. The number of nitrogens with one attached hydrogen (secondary N) is 1. The molecular formula is C22H27NO4. The lowest BCUT2D eigenvalue weighted by Crippen LogP contribution is -2.35. The van der Waals surface area contributed by atoms with Crippen molar-refractivity contribution in [2.75, 3.05) is 13.7 Å². The molecular weight excluding hydrogens is 342 g/mol. The van der Waals surface area contributed by atoms with E-state index < -0.39 is 0 Å². The highest BCUT2D eigenvalue weighted by Crippen LogP contribution is 2.27. The molecule has 2 aromatic carbocycles. The topological polar surface area (TPSA) is 64.6 Å². The highest BCUT2D eigenvalue weighted by molar-refractivity contribution is 5.77. The summed E-state index contributed by atoms with van der Waals surface area (Å²) in [6.07, 6.45) is 1.78. The minimum Gasteiger partial charge on any atom is -0.493 e. The summed E-state index contributed by atoms with van der Waals surface area (Å²) in [4.78, 5) is 23.0. The second kappa shape index (κ2) is 9.76. The van der Waals surface area contributed by atoms with Gasteiger partial charge >= 0.3 is 0 Å². The lowest BCUT2D eigenvalue weighted by atomic mass is 10.00. The third-order valence-corrected chi connectivity index (χ3v) is 4.34. The highest BCUT2D eigenvalue weighted by atomic mass is 16.5. The summed E-state index contributed by atoms with van der Waals surface area (Å²) >= 11 is 0. The first kappa shape index (κ1) is 20.5. The molecule has 2 aromatic rings. The molecule has 0 saturated carbocycles. The van der Waals surface area contributed by atoms with Crippen molar-refractivity contribution in [2.45, 2.75) is 39.7 Å². The quantitative estimate of drug-likeness (QED) is 0.686. The number of carbonyl (C=O) groups excluding carboxylic acids is 2. The Morgan fingerprint density at radius 3 is 2.59 bits per heavy atom. The van der Waals surface area contributed by atoms with Crippen molar-refractivity contribution in [3.8, 4) is 11.5 Å². The van der Waals surface area contributed by atoms with Gasteiger partial charge in [0.15, 0.2) is 11.5 Å². The van der Waals surface area contributed by atoms with E-state index >= 15 is 0 Å². The van der Waals surface area contributed by atoms with Crippen LogP contribution >= 0.6 is 0 Å². The van der Waals surface area contributed by atoms with Crippen molar-refractivity contribution in [2.24, 2.45) is 0 Å². The van der Waals surface area contributed by atoms with Crippen LogP contribution in [0.15, 0.2) is 36.4 Å². The van der Waals surface area contributed by atoms with Gasteiger partial charge in [-0.1, -0.05) is 23.8 Å². The van der Waals surface area contributed by atoms with Crippen LogP contribution in [0.5, 0.6) is 11.5 Å². The van der Waals surface area contributed by atoms with Gasteiger partial charge in [-0.25, -0.2) is 0 Å².